The maximum absolute atomic E-state index is 12.7. The number of hydrogen-bond acceptors (Lipinski definition) is 8. The second-order valence-electron chi connectivity index (χ2n) is 8.27. The van der Waals surface area contributed by atoms with Crippen molar-refractivity contribution < 1.29 is 9.53 Å². The Morgan fingerprint density at radius 3 is 2.71 bits per heavy atom. The van der Waals surface area contributed by atoms with Crippen molar-refractivity contribution >= 4 is 39.8 Å². The van der Waals surface area contributed by atoms with Crippen LogP contribution in [0.1, 0.15) is 23.2 Å². The van der Waals surface area contributed by atoms with Gasteiger partial charge in [-0.15, -0.1) is 0 Å². The molecule has 8 heteroatoms. The Morgan fingerprint density at radius 2 is 1.86 bits per heavy atom. The van der Waals surface area contributed by atoms with Crippen LogP contribution in [0.2, 0.25) is 0 Å². The lowest BCUT2D eigenvalue weighted by Gasteiger charge is -2.12. The average molecular weight is 467 g/mol. The quantitative estimate of drug-likeness (QED) is 0.267. The van der Waals surface area contributed by atoms with Crippen LogP contribution in [0.25, 0.3) is 10.9 Å². The number of para-hydroxylation sites is 1. The zero-order valence-corrected chi connectivity index (χ0v) is 19.4. The highest BCUT2D eigenvalue weighted by Crippen LogP contribution is 2.26. The first kappa shape index (κ1) is 22.3. The summed E-state index contributed by atoms with van der Waals surface area (Å²) < 4.78 is 5.49. The van der Waals surface area contributed by atoms with Crippen molar-refractivity contribution in [2.24, 2.45) is 0 Å². The first-order valence-electron chi connectivity index (χ1n) is 11.5. The fraction of sp³-hybridized carbons (Fsp3) is 0.185. The molecular formula is C27H26N6O2. The maximum atomic E-state index is 12.7. The Morgan fingerprint density at radius 1 is 1.00 bits per heavy atom. The minimum Gasteiger partial charge on any atom is -0.496 e. The van der Waals surface area contributed by atoms with Crippen molar-refractivity contribution in [1.82, 2.24) is 19.9 Å². The molecule has 3 heterocycles. The molecule has 0 amide bonds. The van der Waals surface area contributed by atoms with E-state index in [1.807, 2.05) is 42.6 Å². The molecular weight excluding hydrogens is 440 g/mol. The van der Waals surface area contributed by atoms with Gasteiger partial charge in [0.15, 0.2) is 5.78 Å². The number of carbonyl (C=O) groups is 1. The van der Waals surface area contributed by atoms with Gasteiger partial charge in [0.05, 0.1) is 30.1 Å². The van der Waals surface area contributed by atoms with E-state index in [0.717, 1.165) is 29.7 Å². The lowest BCUT2D eigenvalue weighted by Crippen LogP contribution is -2.11. The number of anilines is 4. The molecule has 0 unspecified atom stereocenters. The second-order valence-corrected chi connectivity index (χ2v) is 8.27. The molecule has 0 bridgehead atoms. The van der Waals surface area contributed by atoms with Gasteiger partial charge in [0.2, 0.25) is 5.95 Å². The number of benzene rings is 2. The number of ketones is 1. The number of pyridine rings is 1. The second kappa shape index (κ2) is 10.2. The number of carbonyl (C=O) groups excluding carboxylic acids is 1. The maximum Gasteiger partial charge on any atom is 0.229 e. The number of fused-ring (bicyclic) bond motifs is 1. The van der Waals surface area contributed by atoms with Gasteiger partial charge in [-0.3, -0.25) is 9.78 Å². The van der Waals surface area contributed by atoms with E-state index in [1.165, 1.54) is 12.8 Å². The molecule has 0 saturated carbocycles. The van der Waals surface area contributed by atoms with Crippen LogP contribution < -0.4 is 15.4 Å². The molecule has 0 atom stereocenters. The fourth-order valence-corrected chi connectivity index (χ4v) is 4.03. The zero-order valence-electron chi connectivity index (χ0n) is 19.4. The molecule has 8 nitrogen and oxygen atoms in total. The van der Waals surface area contributed by atoms with Gasteiger partial charge in [0.1, 0.15) is 11.6 Å². The number of rotatable bonds is 8. The summed E-state index contributed by atoms with van der Waals surface area (Å²) in [6, 6.07) is 17.1. The van der Waals surface area contributed by atoms with Crippen molar-refractivity contribution in [3.63, 3.8) is 0 Å². The Kier molecular flexibility index (Phi) is 6.52. The van der Waals surface area contributed by atoms with Crippen LogP contribution in [0, 0.1) is 0 Å². The van der Waals surface area contributed by atoms with Crippen molar-refractivity contribution in [1.29, 1.82) is 0 Å². The van der Waals surface area contributed by atoms with E-state index < -0.39 is 0 Å². The monoisotopic (exact) mass is 466 g/mol. The highest BCUT2D eigenvalue weighted by atomic mass is 16.5. The van der Waals surface area contributed by atoms with Gasteiger partial charge >= 0.3 is 0 Å². The summed E-state index contributed by atoms with van der Waals surface area (Å²) in [6.07, 6.45) is 9.26. The Labute approximate surface area is 203 Å². The van der Waals surface area contributed by atoms with Crippen LogP contribution in [0.3, 0.4) is 0 Å². The number of likely N-dealkylation sites (tertiary alicyclic amines) is 1. The molecule has 1 saturated heterocycles. The van der Waals surface area contributed by atoms with Crippen LogP contribution in [-0.4, -0.2) is 45.8 Å². The van der Waals surface area contributed by atoms with Gasteiger partial charge in [-0.1, -0.05) is 18.2 Å². The van der Waals surface area contributed by atoms with Gasteiger partial charge < -0.3 is 20.3 Å². The van der Waals surface area contributed by atoms with Crippen LogP contribution in [-0.2, 0) is 0 Å². The van der Waals surface area contributed by atoms with Crippen LogP contribution in [0.15, 0.2) is 79.3 Å². The third kappa shape index (κ3) is 5.38. The summed E-state index contributed by atoms with van der Waals surface area (Å²) in [7, 11) is 1.55. The lowest BCUT2D eigenvalue weighted by molar-refractivity contribution is 0.104. The van der Waals surface area contributed by atoms with E-state index in [1.54, 1.807) is 43.8 Å². The molecule has 1 fully saturated rings. The van der Waals surface area contributed by atoms with Crippen molar-refractivity contribution in [3.05, 3.63) is 84.8 Å². The summed E-state index contributed by atoms with van der Waals surface area (Å²) in [5.41, 5.74) is 2.99. The van der Waals surface area contributed by atoms with Gasteiger partial charge in [-0.25, -0.2) is 4.98 Å². The molecule has 176 valence electrons. The molecule has 0 aliphatic carbocycles. The first-order valence-corrected chi connectivity index (χ1v) is 11.5. The van der Waals surface area contributed by atoms with E-state index in [0.29, 0.717) is 28.8 Å². The molecule has 35 heavy (non-hydrogen) atoms. The molecule has 1 aliphatic rings. The average Bonchev–Trinajstić information content (AvgIpc) is 3.41. The lowest BCUT2D eigenvalue weighted by atomic mass is 10.1. The van der Waals surface area contributed by atoms with Gasteiger partial charge in [-0.2, -0.15) is 4.98 Å². The van der Waals surface area contributed by atoms with E-state index in [2.05, 4.69) is 30.5 Å². The third-order valence-corrected chi connectivity index (χ3v) is 5.82. The summed E-state index contributed by atoms with van der Waals surface area (Å²) in [5, 5.41) is 7.50. The fourth-order valence-electron chi connectivity index (χ4n) is 4.03. The minimum absolute atomic E-state index is 0.0910. The Balaban J connectivity index is 1.29. The number of nitrogens with one attached hydrogen (secondary N) is 2. The zero-order chi connectivity index (χ0) is 24.0. The molecule has 1 aliphatic heterocycles. The largest absolute Gasteiger partial charge is 0.496 e. The number of methoxy groups -OCH3 is 1. The standard InChI is InChI=1S/C27H26N6O2/c1-35-25-17-20(8-9-22(25)24(34)11-15-33-13-4-5-14-33)31-27-28-12-10-26(32-27)30-21-16-19-6-2-3-7-23(19)29-18-21/h2-3,6-12,15-18H,4-5,13-14H2,1H3,(H2,28,30,31,32). The van der Waals surface area contributed by atoms with E-state index in [9.17, 15) is 4.79 Å². The van der Waals surface area contributed by atoms with E-state index in [-0.39, 0.29) is 5.78 Å². The number of ether oxygens (including phenoxy) is 1. The number of nitrogens with zero attached hydrogens (tertiary/aromatic N) is 4. The summed E-state index contributed by atoms with van der Waals surface area (Å²) >= 11 is 0. The van der Waals surface area contributed by atoms with E-state index in [4.69, 9.17) is 4.74 Å². The smallest absolute Gasteiger partial charge is 0.229 e. The topological polar surface area (TPSA) is 92.3 Å². The van der Waals surface area contributed by atoms with Crippen molar-refractivity contribution in [2.45, 2.75) is 12.8 Å². The third-order valence-electron chi connectivity index (χ3n) is 5.82. The number of allylic oxidation sites excluding steroid dienone is 1. The highest BCUT2D eigenvalue weighted by Gasteiger charge is 2.13. The molecule has 0 spiro atoms. The van der Waals surface area contributed by atoms with Crippen molar-refractivity contribution in [2.75, 3.05) is 30.8 Å². The van der Waals surface area contributed by atoms with Crippen molar-refractivity contribution in [3.8, 4) is 5.75 Å². The van der Waals surface area contributed by atoms with Gasteiger partial charge in [0.25, 0.3) is 0 Å². The van der Waals surface area contributed by atoms with Crippen LogP contribution in [0.5, 0.6) is 5.75 Å². The Bertz CT molecular complexity index is 1380. The number of hydrogen-bond donors (Lipinski definition) is 2. The minimum atomic E-state index is -0.0910. The van der Waals surface area contributed by atoms with E-state index >= 15 is 0 Å². The molecule has 2 aromatic carbocycles. The molecule has 0 radical (unpaired) electrons. The SMILES string of the molecule is COc1cc(Nc2nccc(Nc3cnc4ccccc4c3)n2)ccc1C(=O)C=CN1CCCC1. The van der Waals surface area contributed by atoms with Crippen LogP contribution in [0.4, 0.5) is 23.1 Å². The van der Waals surface area contributed by atoms with Gasteiger partial charge in [-0.05, 0) is 43.2 Å². The molecule has 2 aromatic heterocycles. The molecule has 5 rings (SSSR count). The summed E-state index contributed by atoms with van der Waals surface area (Å²) in [6.45, 7) is 1.99. The summed E-state index contributed by atoms with van der Waals surface area (Å²) in [4.78, 5) is 28.2. The first-order chi connectivity index (χ1) is 17.2. The van der Waals surface area contributed by atoms with Gasteiger partial charge in [0, 0.05) is 48.7 Å². The number of aromatic nitrogens is 3. The highest BCUT2D eigenvalue weighted by molar-refractivity contribution is 6.06. The summed E-state index contributed by atoms with van der Waals surface area (Å²) in [5.74, 6) is 1.44. The Hall–Kier alpha value is -4.46. The predicted octanol–water partition coefficient (Wildman–Crippen LogP) is 5.31. The van der Waals surface area contributed by atoms with Crippen LogP contribution >= 0.6 is 0 Å². The predicted molar refractivity (Wildman–Crippen MR) is 138 cm³/mol. The normalized spacial score (nSPS) is 13.3. The molecule has 2 N–H and O–H groups in total. The molecule has 4 aromatic rings.